The van der Waals surface area contributed by atoms with Gasteiger partial charge in [-0.25, -0.2) is 4.79 Å². The van der Waals surface area contributed by atoms with Crippen LogP contribution in [0.5, 0.6) is 0 Å². The molecule has 0 aliphatic rings. The molecule has 0 atom stereocenters. The Labute approximate surface area is 72.1 Å². The van der Waals surface area contributed by atoms with E-state index < -0.39 is 11.0 Å². The third-order valence-electron chi connectivity index (χ3n) is 0.929. The van der Waals surface area contributed by atoms with Gasteiger partial charge < -0.3 is 10.1 Å². The highest BCUT2D eigenvalue weighted by atomic mass is 35.5. The molecule has 0 radical (unpaired) electrons. The summed E-state index contributed by atoms with van der Waals surface area (Å²) in [6.07, 6.45) is -0.416. The second-order valence-corrected chi connectivity index (χ2v) is 3.82. The first-order valence-electron chi connectivity index (χ1n) is 3.55. The highest BCUT2D eigenvalue weighted by Gasteiger charge is 2.14. The third kappa shape index (κ3) is 7.46. The molecule has 0 aliphatic heterocycles. The molecule has 1 N–H and O–H groups in total. The molecule has 0 aromatic carbocycles. The smallest absolute Gasteiger partial charge is 0.407 e. The van der Waals surface area contributed by atoms with Crippen LogP contribution in [0.2, 0.25) is 0 Å². The summed E-state index contributed by atoms with van der Waals surface area (Å²) in [7, 11) is 0. The molecular weight excluding hydrogens is 166 g/mol. The van der Waals surface area contributed by atoms with Crippen molar-refractivity contribution < 1.29 is 9.53 Å². The summed E-state index contributed by atoms with van der Waals surface area (Å²) in [5, 5.41) is 2.53. The van der Waals surface area contributed by atoms with Gasteiger partial charge in [0.2, 0.25) is 0 Å². The molecular formula is C7H14ClNO2. The molecule has 0 aliphatic carbocycles. The highest BCUT2D eigenvalue weighted by molar-refractivity contribution is 6.23. The van der Waals surface area contributed by atoms with Gasteiger partial charge in [0.05, 0.1) is 11.5 Å². The fraction of sp³-hybridized carbons (Fsp3) is 0.857. The zero-order chi connectivity index (χ0) is 8.91. The standard InChI is InChI=1S/C7H14ClNO2/c1-4-11-6(10)9-5-7(2,3)8/h4-5H2,1-3H3,(H,9,10). The summed E-state index contributed by atoms with van der Waals surface area (Å²) in [6, 6.07) is 0. The molecule has 0 aromatic heterocycles. The number of hydrogen-bond donors (Lipinski definition) is 1. The lowest BCUT2D eigenvalue weighted by Crippen LogP contribution is -2.34. The molecule has 0 saturated heterocycles. The molecule has 0 heterocycles. The van der Waals surface area contributed by atoms with Gasteiger partial charge in [-0.1, -0.05) is 0 Å². The lowest BCUT2D eigenvalue weighted by Gasteiger charge is -2.15. The Morgan fingerprint density at radius 1 is 1.64 bits per heavy atom. The monoisotopic (exact) mass is 179 g/mol. The zero-order valence-corrected chi connectivity index (χ0v) is 7.86. The van der Waals surface area contributed by atoms with E-state index in [1.54, 1.807) is 6.92 Å². The van der Waals surface area contributed by atoms with E-state index in [2.05, 4.69) is 10.1 Å². The lowest BCUT2D eigenvalue weighted by atomic mass is 10.2. The van der Waals surface area contributed by atoms with Crippen LogP contribution in [0, 0.1) is 0 Å². The summed E-state index contributed by atoms with van der Waals surface area (Å²) < 4.78 is 4.63. The lowest BCUT2D eigenvalue weighted by molar-refractivity contribution is 0.151. The quantitative estimate of drug-likeness (QED) is 0.671. The molecule has 3 nitrogen and oxygen atoms in total. The predicted molar refractivity (Wildman–Crippen MR) is 45.0 cm³/mol. The number of nitrogens with one attached hydrogen (secondary N) is 1. The van der Waals surface area contributed by atoms with E-state index in [0.717, 1.165) is 0 Å². The molecule has 1 amide bonds. The topological polar surface area (TPSA) is 38.3 Å². The molecule has 0 fully saturated rings. The number of amides is 1. The number of ether oxygens (including phenoxy) is 1. The average molecular weight is 180 g/mol. The number of rotatable bonds is 3. The molecule has 66 valence electrons. The summed E-state index contributed by atoms with van der Waals surface area (Å²) in [5.74, 6) is 0. The number of alkyl carbamates (subject to hydrolysis) is 1. The van der Waals surface area contributed by atoms with Crippen LogP contribution in [0.25, 0.3) is 0 Å². The Kier molecular flexibility index (Phi) is 4.26. The van der Waals surface area contributed by atoms with Crippen LogP contribution < -0.4 is 5.32 Å². The second kappa shape index (κ2) is 4.44. The van der Waals surface area contributed by atoms with Crippen LogP contribution in [-0.2, 0) is 4.74 Å². The Bertz CT molecular complexity index is 131. The minimum absolute atomic E-state index is 0.383. The molecule has 0 saturated carbocycles. The minimum atomic E-state index is -0.416. The van der Waals surface area contributed by atoms with Crippen LogP contribution in [0.3, 0.4) is 0 Å². The third-order valence-corrected chi connectivity index (χ3v) is 1.06. The van der Waals surface area contributed by atoms with Gasteiger partial charge >= 0.3 is 6.09 Å². The maximum Gasteiger partial charge on any atom is 0.407 e. The molecule has 11 heavy (non-hydrogen) atoms. The van der Waals surface area contributed by atoms with Crippen LogP contribution in [-0.4, -0.2) is 24.1 Å². The van der Waals surface area contributed by atoms with Crippen molar-refractivity contribution in [3.63, 3.8) is 0 Å². The molecule has 0 bridgehead atoms. The summed E-state index contributed by atoms with van der Waals surface area (Å²) in [5.41, 5.74) is 0. The fourth-order valence-electron chi connectivity index (χ4n) is 0.464. The summed E-state index contributed by atoms with van der Waals surface area (Å²) in [6.45, 7) is 6.19. The highest BCUT2D eigenvalue weighted by Crippen LogP contribution is 2.09. The Morgan fingerprint density at radius 3 is 2.55 bits per heavy atom. The minimum Gasteiger partial charge on any atom is -0.450 e. The number of hydrogen-bond acceptors (Lipinski definition) is 2. The van der Waals surface area contributed by atoms with Gasteiger partial charge in [-0.2, -0.15) is 0 Å². The van der Waals surface area contributed by atoms with Crippen molar-refractivity contribution >= 4 is 17.7 Å². The van der Waals surface area contributed by atoms with Crippen LogP contribution in [0.4, 0.5) is 4.79 Å². The summed E-state index contributed by atoms with van der Waals surface area (Å²) in [4.78, 5) is 10.3. The molecule has 0 unspecified atom stereocenters. The number of halogens is 1. The zero-order valence-electron chi connectivity index (χ0n) is 7.11. The Hall–Kier alpha value is -0.440. The van der Waals surface area contributed by atoms with Gasteiger partial charge in [-0.3, -0.25) is 0 Å². The van der Waals surface area contributed by atoms with Crippen LogP contribution in [0.15, 0.2) is 0 Å². The van der Waals surface area contributed by atoms with E-state index in [9.17, 15) is 4.79 Å². The van der Waals surface area contributed by atoms with Crippen molar-refractivity contribution in [1.29, 1.82) is 0 Å². The van der Waals surface area contributed by atoms with Crippen molar-refractivity contribution in [1.82, 2.24) is 5.32 Å². The van der Waals surface area contributed by atoms with Crippen molar-refractivity contribution in [3.8, 4) is 0 Å². The van der Waals surface area contributed by atoms with Gasteiger partial charge in [0.15, 0.2) is 0 Å². The largest absolute Gasteiger partial charge is 0.450 e. The molecule has 4 heteroatoms. The van der Waals surface area contributed by atoms with Gasteiger partial charge in [-0.05, 0) is 20.8 Å². The van der Waals surface area contributed by atoms with E-state index in [4.69, 9.17) is 11.6 Å². The van der Waals surface area contributed by atoms with Crippen LogP contribution >= 0.6 is 11.6 Å². The molecule has 0 spiro atoms. The van der Waals surface area contributed by atoms with Crippen LogP contribution in [0.1, 0.15) is 20.8 Å². The first-order valence-corrected chi connectivity index (χ1v) is 3.93. The number of alkyl halides is 1. The Balaban J connectivity index is 3.46. The van der Waals surface area contributed by atoms with Crippen molar-refractivity contribution in [2.75, 3.05) is 13.2 Å². The summed E-state index contributed by atoms with van der Waals surface area (Å²) >= 11 is 5.81. The van der Waals surface area contributed by atoms with Crippen molar-refractivity contribution in [2.45, 2.75) is 25.6 Å². The van der Waals surface area contributed by atoms with Crippen molar-refractivity contribution in [3.05, 3.63) is 0 Å². The normalized spacial score (nSPS) is 10.9. The first-order chi connectivity index (χ1) is 4.95. The maximum absolute atomic E-state index is 10.7. The molecule has 0 aromatic rings. The van der Waals surface area contributed by atoms with Gasteiger partial charge in [0.25, 0.3) is 0 Å². The van der Waals surface area contributed by atoms with Gasteiger partial charge in [0.1, 0.15) is 0 Å². The van der Waals surface area contributed by atoms with E-state index in [0.29, 0.717) is 13.2 Å². The SMILES string of the molecule is CCOC(=O)NCC(C)(C)Cl. The van der Waals surface area contributed by atoms with E-state index in [1.165, 1.54) is 0 Å². The van der Waals surface area contributed by atoms with E-state index in [-0.39, 0.29) is 0 Å². The first kappa shape index (κ1) is 10.6. The Morgan fingerprint density at radius 2 is 2.18 bits per heavy atom. The predicted octanol–water partition coefficient (Wildman–Crippen LogP) is 1.75. The number of carbonyl (C=O) groups excluding carboxylic acids is 1. The van der Waals surface area contributed by atoms with Crippen molar-refractivity contribution in [2.24, 2.45) is 0 Å². The maximum atomic E-state index is 10.7. The van der Waals surface area contributed by atoms with E-state index in [1.807, 2.05) is 13.8 Å². The van der Waals surface area contributed by atoms with Gasteiger partial charge in [-0.15, -0.1) is 11.6 Å². The second-order valence-electron chi connectivity index (χ2n) is 2.79. The fourth-order valence-corrected chi connectivity index (χ4v) is 0.531. The van der Waals surface area contributed by atoms with E-state index >= 15 is 0 Å². The number of carbonyl (C=O) groups is 1. The molecule has 0 rings (SSSR count). The van der Waals surface area contributed by atoms with Gasteiger partial charge in [0, 0.05) is 6.54 Å². The average Bonchev–Trinajstić information content (AvgIpc) is 1.83.